The van der Waals surface area contributed by atoms with Crippen LogP contribution in [-0.2, 0) is 10.8 Å². The van der Waals surface area contributed by atoms with Crippen LogP contribution in [0.3, 0.4) is 0 Å². The second-order valence-corrected chi connectivity index (χ2v) is 10.7. The van der Waals surface area contributed by atoms with E-state index in [1.165, 1.54) is 41.5 Å². The van der Waals surface area contributed by atoms with Gasteiger partial charge in [-0.3, -0.25) is 0 Å². The van der Waals surface area contributed by atoms with Crippen LogP contribution in [0.1, 0.15) is 52.7 Å². The summed E-state index contributed by atoms with van der Waals surface area (Å²) >= 11 is 0. The zero-order valence-electron chi connectivity index (χ0n) is 22.4. The summed E-state index contributed by atoms with van der Waals surface area (Å²) in [5.74, 6) is 1.62. The van der Waals surface area contributed by atoms with Crippen molar-refractivity contribution < 1.29 is 24.4 Å². The van der Waals surface area contributed by atoms with Gasteiger partial charge in [0, 0.05) is 12.1 Å². The quantitative estimate of drug-likeness (QED) is 0.255. The molecule has 0 atom stereocenters. The van der Waals surface area contributed by atoms with E-state index in [1.807, 2.05) is 30.3 Å². The van der Waals surface area contributed by atoms with E-state index in [-0.39, 0.29) is 33.9 Å². The smallest absolute Gasteiger partial charge is 0.131 e. The molecule has 37 heavy (non-hydrogen) atoms. The van der Waals surface area contributed by atoms with Crippen molar-refractivity contribution in [3.8, 4) is 28.7 Å². The van der Waals surface area contributed by atoms with Crippen LogP contribution in [0, 0.1) is 5.82 Å². The minimum Gasteiger partial charge on any atom is -0.508 e. The predicted octanol–water partition coefficient (Wildman–Crippen LogP) is 8.70. The highest BCUT2D eigenvalue weighted by Gasteiger charge is 2.13. The van der Waals surface area contributed by atoms with Crippen molar-refractivity contribution in [1.29, 1.82) is 0 Å². The third kappa shape index (κ3) is 10.7. The molecule has 0 aliphatic carbocycles. The molecule has 0 fully saturated rings. The molecule has 0 aliphatic heterocycles. The van der Waals surface area contributed by atoms with Gasteiger partial charge in [-0.2, -0.15) is 0 Å². The van der Waals surface area contributed by atoms with Crippen LogP contribution < -0.4 is 4.74 Å². The minimum absolute atomic E-state index is 0.0880. The van der Waals surface area contributed by atoms with Crippen LogP contribution in [0.4, 0.5) is 4.39 Å². The molecule has 0 spiro atoms. The first-order valence-corrected chi connectivity index (χ1v) is 12.1. The number of halogens is 1. The van der Waals surface area contributed by atoms with Gasteiger partial charge in [-0.05, 0) is 70.5 Å². The lowest BCUT2D eigenvalue weighted by atomic mass is 9.87. The maximum Gasteiger partial charge on any atom is 0.131 e. The second-order valence-electron chi connectivity index (χ2n) is 10.7. The van der Waals surface area contributed by atoms with Crippen LogP contribution in [0.25, 0.3) is 0 Å². The van der Waals surface area contributed by atoms with E-state index in [2.05, 4.69) is 53.7 Å². The average Bonchev–Trinajstić information content (AvgIpc) is 2.79. The van der Waals surface area contributed by atoms with Gasteiger partial charge in [0.25, 0.3) is 0 Å². The van der Waals surface area contributed by atoms with E-state index in [0.29, 0.717) is 5.75 Å². The van der Waals surface area contributed by atoms with E-state index in [9.17, 15) is 9.50 Å². The van der Waals surface area contributed by atoms with Crippen molar-refractivity contribution >= 4 is 0 Å². The number of benzene rings is 4. The van der Waals surface area contributed by atoms with Crippen LogP contribution in [0.15, 0.2) is 97.1 Å². The Labute approximate surface area is 219 Å². The van der Waals surface area contributed by atoms with Crippen molar-refractivity contribution in [1.82, 2.24) is 0 Å². The summed E-state index contributed by atoms with van der Waals surface area (Å²) in [5, 5.41) is 26.7. The average molecular weight is 505 g/mol. The highest BCUT2D eigenvalue weighted by molar-refractivity contribution is 5.38. The lowest BCUT2D eigenvalue weighted by Gasteiger charge is -2.19. The maximum atomic E-state index is 12.5. The van der Waals surface area contributed by atoms with Crippen LogP contribution in [0.5, 0.6) is 28.7 Å². The fourth-order valence-electron chi connectivity index (χ4n) is 3.15. The molecular formula is C32H37FO4. The summed E-state index contributed by atoms with van der Waals surface area (Å²) < 4.78 is 18.1. The highest BCUT2D eigenvalue weighted by atomic mass is 19.1. The van der Waals surface area contributed by atoms with Gasteiger partial charge in [0.05, 0.1) is 0 Å². The lowest BCUT2D eigenvalue weighted by molar-refractivity contribution is 0.450. The molecule has 5 heteroatoms. The number of phenolic OH excluding ortho intramolecular Hbond substituents is 3. The Morgan fingerprint density at radius 3 is 1.30 bits per heavy atom. The molecule has 3 N–H and O–H groups in total. The van der Waals surface area contributed by atoms with Gasteiger partial charge in [-0.1, -0.05) is 77.9 Å². The van der Waals surface area contributed by atoms with E-state index in [4.69, 9.17) is 14.9 Å². The Morgan fingerprint density at radius 1 is 0.514 bits per heavy atom. The molecule has 0 heterocycles. The first-order chi connectivity index (χ1) is 17.2. The van der Waals surface area contributed by atoms with E-state index in [0.717, 1.165) is 5.75 Å². The van der Waals surface area contributed by atoms with Crippen molar-refractivity contribution in [2.75, 3.05) is 0 Å². The van der Waals surface area contributed by atoms with Gasteiger partial charge in [-0.15, -0.1) is 0 Å². The molecule has 0 saturated heterocycles. The van der Waals surface area contributed by atoms with Gasteiger partial charge in [-0.25, -0.2) is 4.39 Å². The summed E-state index contributed by atoms with van der Waals surface area (Å²) in [7, 11) is 0. The normalized spacial score (nSPS) is 10.9. The SMILES string of the molecule is CC(C)(C)c1ccc(F)cc1.CC(C)(C)c1ccc(Oc2cccc(O)c2)cc1.Oc1cccc(O)c1. The molecule has 4 nitrogen and oxygen atoms in total. The van der Waals surface area contributed by atoms with Gasteiger partial charge < -0.3 is 20.1 Å². The van der Waals surface area contributed by atoms with Crippen molar-refractivity contribution in [2.45, 2.75) is 52.4 Å². The van der Waals surface area contributed by atoms with Crippen LogP contribution >= 0.6 is 0 Å². The first kappa shape index (κ1) is 29.2. The highest BCUT2D eigenvalue weighted by Crippen LogP contribution is 2.28. The zero-order valence-corrected chi connectivity index (χ0v) is 22.4. The van der Waals surface area contributed by atoms with Crippen LogP contribution in [0.2, 0.25) is 0 Å². The third-order valence-corrected chi connectivity index (χ3v) is 5.31. The number of hydrogen-bond acceptors (Lipinski definition) is 4. The van der Waals surface area contributed by atoms with E-state index in [1.54, 1.807) is 24.3 Å². The number of hydrogen-bond donors (Lipinski definition) is 3. The van der Waals surface area contributed by atoms with Crippen LogP contribution in [-0.4, -0.2) is 15.3 Å². The molecule has 0 unspecified atom stereocenters. The second kappa shape index (κ2) is 12.8. The molecule has 0 amide bonds. The molecule has 0 aliphatic rings. The van der Waals surface area contributed by atoms with E-state index >= 15 is 0 Å². The van der Waals surface area contributed by atoms with E-state index < -0.39 is 0 Å². The summed E-state index contributed by atoms with van der Waals surface area (Å²) in [5.41, 5.74) is 2.70. The summed E-state index contributed by atoms with van der Waals surface area (Å²) in [4.78, 5) is 0. The molecule has 0 bridgehead atoms. The number of rotatable bonds is 2. The molecule has 4 aromatic carbocycles. The summed E-state index contributed by atoms with van der Waals surface area (Å²) in [6, 6.07) is 27.3. The van der Waals surface area contributed by atoms with Gasteiger partial charge in [0.15, 0.2) is 0 Å². The Hall–Kier alpha value is -3.99. The third-order valence-electron chi connectivity index (χ3n) is 5.31. The standard InChI is InChI=1S/C16H18O2.C10H13F.C6H6O2/c1-16(2,3)12-7-9-14(10-8-12)18-15-6-4-5-13(17)11-15;1-10(2,3)8-4-6-9(11)7-5-8;7-5-2-1-3-6(8)4-5/h4-11,17H,1-3H3;4-7H,1-3H3;1-4,7-8H. The number of aromatic hydroxyl groups is 3. The minimum atomic E-state index is -0.169. The monoisotopic (exact) mass is 504 g/mol. The fraction of sp³-hybridized carbons (Fsp3) is 0.250. The summed E-state index contributed by atoms with van der Waals surface area (Å²) in [6.07, 6.45) is 0. The molecule has 4 aromatic rings. The maximum absolute atomic E-state index is 12.5. The molecule has 0 aromatic heterocycles. The Balaban J connectivity index is 0.000000215. The Morgan fingerprint density at radius 2 is 0.919 bits per heavy atom. The molecule has 196 valence electrons. The van der Waals surface area contributed by atoms with Crippen molar-refractivity contribution in [3.63, 3.8) is 0 Å². The van der Waals surface area contributed by atoms with Crippen molar-refractivity contribution in [3.05, 3.63) is 114 Å². The Bertz CT molecular complexity index is 1220. The van der Waals surface area contributed by atoms with Gasteiger partial charge in [0.1, 0.15) is 34.6 Å². The topological polar surface area (TPSA) is 69.9 Å². The fourth-order valence-corrected chi connectivity index (χ4v) is 3.15. The predicted molar refractivity (Wildman–Crippen MR) is 148 cm³/mol. The van der Waals surface area contributed by atoms with Crippen molar-refractivity contribution in [2.24, 2.45) is 0 Å². The first-order valence-electron chi connectivity index (χ1n) is 12.1. The molecule has 0 radical (unpaired) electrons. The number of phenols is 3. The molecular weight excluding hydrogens is 467 g/mol. The summed E-state index contributed by atoms with van der Waals surface area (Å²) in [6.45, 7) is 12.9. The molecule has 0 saturated carbocycles. The van der Waals surface area contributed by atoms with Gasteiger partial charge >= 0.3 is 0 Å². The largest absolute Gasteiger partial charge is 0.508 e. The lowest BCUT2D eigenvalue weighted by Crippen LogP contribution is -2.10. The Kier molecular flexibility index (Phi) is 10.1. The zero-order chi connectivity index (χ0) is 27.6. The number of ether oxygens (including phenoxy) is 1. The van der Waals surface area contributed by atoms with Gasteiger partial charge in [0.2, 0.25) is 0 Å². The molecule has 4 rings (SSSR count).